The highest BCUT2D eigenvalue weighted by Gasteiger charge is 2.11. The molecule has 2 rings (SSSR count). The van der Waals surface area contributed by atoms with Gasteiger partial charge in [0.2, 0.25) is 0 Å². The van der Waals surface area contributed by atoms with Crippen LogP contribution in [0.1, 0.15) is 27.0 Å². The van der Waals surface area contributed by atoms with Crippen molar-refractivity contribution < 1.29 is 4.79 Å². The Morgan fingerprint density at radius 1 is 0.900 bits per heavy atom. The van der Waals surface area contributed by atoms with E-state index in [-0.39, 0.29) is 5.91 Å². The molecule has 0 aromatic heterocycles. The average Bonchev–Trinajstić information content (AvgIpc) is 2.32. The first-order valence-electron chi connectivity index (χ1n) is 6.22. The summed E-state index contributed by atoms with van der Waals surface area (Å²) in [4.78, 5) is 12.4. The summed E-state index contributed by atoms with van der Waals surface area (Å²) < 4.78 is 1.93. The highest BCUT2D eigenvalue weighted by molar-refractivity contribution is 9.10. The molecule has 0 fully saturated rings. The Kier molecular flexibility index (Phi) is 4.66. The molecule has 2 nitrogen and oxygen atoms in total. The average molecular weight is 397 g/mol. The molecule has 0 aliphatic carbocycles. The highest BCUT2D eigenvalue weighted by Crippen LogP contribution is 2.26. The Balaban J connectivity index is 2.32. The molecule has 2 aromatic rings. The summed E-state index contributed by atoms with van der Waals surface area (Å²) in [6.45, 7) is 5.94. The summed E-state index contributed by atoms with van der Waals surface area (Å²) >= 11 is 6.88. The zero-order valence-corrected chi connectivity index (χ0v) is 14.7. The highest BCUT2D eigenvalue weighted by atomic mass is 79.9. The monoisotopic (exact) mass is 395 g/mol. The molecule has 0 heterocycles. The van der Waals surface area contributed by atoms with E-state index in [9.17, 15) is 4.79 Å². The number of aryl methyl sites for hydroxylation is 3. The minimum atomic E-state index is -0.0945. The maximum absolute atomic E-state index is 12.4. The molecule has 0 spiro atoms. The van der Waals surface area contributed by atoms with Crippen LogP contribution in [-0.4, -0.2) is 5.91 Å². The lowest BCUT2D eigenvalue weighted by Crippen LogP contribution is -2.14. The van der Waals surface area contributed by atoms with Crippen LogP contribution in [0, 0.1) is 20.8 Å². The molecule has 0 atom stereocenters. The maximum Gasteiger partial charge on any atom is 0.255 e. The molecule has 0 aliphatic rings. The third-order valence-corrected chi connectivity index (χ3v) is 3.96. The zero-order valence-electron chi connectivity index (χ0n) is 11.6. The van der Waals surface area contributed by atoms with Gasteiger partial charge in [-0.15, -0.1) is 0 Å². The Bertz CT molecular complexity index is 637. The van der Waals surface area contributed by atoms with Crippen molar-refractivity contribution in [3.05, 3.63) is 61.5 Å². The number of amides is 1. The van der Waals surface area contributed by atoms with E-state index >= 15 is 0 Å². The Morgan fingerprint density at radius 3 is 2.00 bits per heavy atom. The van der Waals surface area contributed by atoms with E-state index in [0.717, 1.165) is 31.3 Å². The molecule has 0 unspecified atom stereocenters. The molecule has 0 bridgehead atoms. The largest absolute Gasteiger partial charge is 0.322 e. The summed E-state index contributed by atoms with van der Waals surface area (Å²) in [5.74, 6) is -0.0945. The number of benzene rings is 2. The molecule has 20 heavy (non-hydrogen) atoms. The second kappa shape index (κ2) is 6.10. The maximum atomic E-state index is 12.4. The van der Waals surface area contributed by atoms with Crippen LogP contribution in [0.5, 0.6) is 0 Å². The van der Waals surface area contributed by atoms with Crippen molar-refractivity contribution in [3.63, 3.8) is 0 Å². The van der Waals surface area contributed by atoms with Gasteiger partial charge >= 0.3 is 0 Å². The van der Waals surface area contributed by atoms with Gasteiger partial charge in [-0.2, -0.15) is 0 Å². The van der Waals surface area contributed by atoms with Crippen LogP contribution in [-0.2, 0) is 0 Å². The lowest BCUT2D eigenvalue weighted by atomic mass is 10.1. The SMILES string of the molecule is Cc1cc(Br)cc(C(=O)Nc2c(C)cc(Br)cc2C)c1. The van der Waals surface area contributed by atoms with E-state index in [2.05, 4.69) is 37.2 Å². The second-order valence-electron chi connectivity index (χ2n) is 4.89. The van der Waals surface area contributed by atoms with Crippen molar-refractivity contribution in [1.29, 1.82) is 0 Å². The van der Waals surface area contributed by atoms with Crippen molar-refractivity contribution in [2.24, 2.45) is 0 Å². The van der Waals surface area contributed by atoms with Crippen molar-refractivity contribution in [2.45, 2.75) is 20.8 Å². The van der Waals surface area contributed by atoms with Crippen LogP contribution in [0.25, 0.3) is 0 Å². The minimum absolute atomic E-state index is 0.0945. The van der Waals surface area contributed by atoms with E-state index in [4.69, 9.17) is 0 Å². The molecule has 0 saturated carbocycles. The van der Waals surface area contributed by atoms with E-state index in [1.54, 1.807) is 0 Å². The summed E-state index contributed by atoms with van der Waals surface area (Å²) in [6, 6.07) is 9.67. The van der Waals surface area contributed by atoms with Gasteiger partial charge in [-0.1, -0.05) is 31.9 Å². The van der Waals surface area contributed by atoms with Crippen LogP contribution in [0.2, 0.25) is 0 Å². The van der Waals surface area contributed by atoms with Gasteiger partial charge in [0.05, 0.1) is 0 Å². The van der Waals surface area contributed by atoms with Gasteiger partial charge in [-0.05, 0) is 67.8 Å². The molecular weight excluding hydrogens is 382 g/mol. The lowest BCUT2D eigenvalue weighted by Gasteiger charge is -2.13. The zero-order chi connectivity index (χ0) is 14.9. The normalized spacial score (nSPS) is 10.4. The summed E-state index contributed by atoms with van der Waals surface area (Å²) in [5, 5.41) is 3.00. The third-order valence-electron chi connectivity index (χ3n) is 3.04. The molecule has 1 amide bonds. The number of halogens is 2. The molecule has 104 valence electrons. The molecule has 4 heteroatoms. The number of nitrogens with one attached hydrogen (secondary N) is 1. The molecule has 0 radical (unpaired) electrons. The van der Waals surface area contributed by atoms with E-state index in [1.807, 2.05) is 51.1 Å². The van der Waals surface area contributed by atoms with Gasteiger partial charge in [0.25, 0.3) is 5.91 Å². The Hall–Kier alpha value is -1.13. The number of carbonyl (C=O) groups is 1. The van der Waals surface area contributed by atoms with Gasteiger partial charge in [-0.25, -0.2) is 0 Å². The third kappa shape index (κ3) is 3.49. The first-order chi connectivity index (χ1) is 9.36. The summed E-state index contributed by atoms with van der Waals surface area (Å²) in [6.07, 6.45) is 0. The predicted molar refractivity (Wildman–Crippen MR) is 90.4 cm³/mol. The van der Waals surface area contributed by atoms with E-state index in [0.29, 0.717) is 5.56 Å². The predicted octanol–water partition coefficient (Wildman–Crippen LogP) is 5.39. The minimum Gasteiger partial charge on any atom is -0.322 e. The topological polar surface area (TPSA) is 29.1 Å². The van der Waals surface area contributed by atoms with Crippen molar-refractivity contribution >= 4 is 43.5 Å². The van der Waals surface area contributed by atoms with Crippen LogP contribution >= 0.6 is 31.9 Å². The molecule has 2 aromatic carbocycles. The summed E-state index contributed by atoms with van der Waals surface area (Å²) in [7, 11) is 0. The smallest absolute Gasteiger partial charge is 0.255 e. The van der Waals surface area contributed by atoms with Crippen LogP contribution in [0.3, 0.4) is 0 Å². The van der Waals surface area contributed by atoms with Gasteiger partial charge in [0, 0.05) is 20.2 Å². The van der Waals surface area contributed by atoms with E-state index < -0.39 is 0 Å². The van der Waals surface area contributed by atoms with Crippen LogP contribution in [0.15, 0.2) is 39.3 Å². The summed E-state index contributed by atoms with van der Waals surface area (Å²) in [5.41, 5.74) is 4.65. The number of hydrogen-bond donors (Lipinski definition) is 1. The van der Waals surface area contributed by atoms with Gasteiger partial charge < -0.3 is 5.32 Å². The molecular formula is C16H15Br2NO. The lowest BCUT2D eigenvalue weighted by molar-refractivity contribution is 0.102. The Morgan fingerprint density at radius 2 is 1.45 bits per heavy atom. The van der Waals surface area contributed by atoms with E-state index in [1.165, 1.54) is 0 Å². The van der Waals surface area contributed by atoms with Crippen LogP contribution in [0.4, 0.5) is 5.69 Å². The van der Waals surface area contributed by atoms with Crippen molar-refractivity contribution in [2.75, 3.05) is 5.32 Å². The Labute approximate surface area is 135 Å². The standard InChI is InChI=1S/C16H15Br2NO/c1-9-4-12(8-13(17)5-9)16(20)19-15-10(2)6-14(18)7-11(15)3/h4-8H,1-3H3,(H,19,20). The molecule has 0 aliphatic heterocycles. The number of hydrogen-bond acceptors (Lipinski definition) is 1. The number of carbonyl (C=O) groups excluding carboxylic acids is 1. The number of anilines is 1. The fourth-order valence-electron chi connectivity index (χ4n) is 2.16. The fraction of sp³-hybridized carbons (Fsp3) is 0.188. The first-order valence-corrected chi connectivity index (χ1v) is 7.80. The fourth-order valence-corrected chi connectivity index (χ4v) is 3.46. The van der Waals surface area contributed by atoms with Crippen LogP contribution < -0.4 is 5.32 Å². The second-order valence-corrected chi connectivity index (χ2v) is 6.72. The number of rotatable bonds is 2. The first kappa shape index (κ1) is 15.3. The molecule has 0 saturated heterocycles. The van der Waals surface area contributed by atoms with Gasteiger partial charge in [-0.3, -0.25) is 4.79 Å². The van der Waals surface area contributed by atoms with Gasteiger partial charge in [0.15, 0.2) is 0 Å². The van der Waals surface area contributed by atoms with Gasteiger partial charge in [0.1, 0.15) is 0 Å². The quantitative estimate of drug-likeness (QED) is 0.724. The molecule has 1 N–H and O–H groups in total. The van der Waals surface area contributed by atoms with Crippen molar-refractivity contribution in [3.8, 4) is 0 Å². The van der Waals surface area contributed by atoms with Crippen molar-refractivity contribution in [1.82, 2.24) is 0 Å².